The van der Waals surface area contributed by atoms with Crippen LogP contribution >= 0.6 is 0 Å². The van der Waals surface area contributed by atoms with E-state index < -0.39 is 93.5 Å². The van der Waals surface area contributed by atoms with E-state index in [-0.39, 0.29) is 32.8 Å². The van der Waals surface area contributed by atoms with Crippen LogP contribution < -0.4 is 4.74 Å². The SMILES string of the molecule is CS(=O)(=O)C[C@H]1O[C@H](OCCc2cn(CCOCCC(=O)Oc3c(F)c(F)c(F)c(F)c3F)nn2)[C@@H](O)[C@@H](O)[C@@H]1O. The van der Waals surface area contributed by atoms with Crippen molar-refractivity contribution in [2.24, 2.45) is 0 Å². The van der Waals surface area contributed by atoms with Crippen LogP contribution in [0.4, 0.5) is 22.0 Å². The molecule has 3 N–H and O–H groups in total. The van der Waals surface area contributed by atoms with Crippen LogP contribution in [0.15, 0.2) is 6.20 Å². The molecule has 1 aromatic heterocycles. The topological polar surface area (TPSA) is 180 Å². The number of carbonyl (C=O) groups is 1. The second kappa shape index (κ2) is 13.9. The first-order valence-corrected chi connectivity index (χ1v) is 13.9. The number of aliphatic hydroxyl groups is 3. The van der Waals surface area contributed by atoms with Gasteiger partial charge in [-0.2, -0.15) is 8.78 Å². The van der Waals surface area contributed by atoms with Crippen molar-refractivity contribution in [3.8, 4) is 5.75 Å². The third kappa shape index (κ3) is 8.60. The molecule has 1 saturated heterocycles. The van der Waals surface area contributed by atoms with E-state index in [0.29, 0.717) is 5.69 Å². The minimum atomic E-state index is -3.57. The summed E-state index contributed by atoms with van der Waals surface area (Å²) in [7, 11) is -3.57. The van der Waals surface area contributed by atoms with Crippen LogP contribution in [-0.2, 0) is 41.8 Å². The fourth-order valence-electron chi connectivity index (χ4n) is 3.59. The van der Waals surface area contributed by atoms with Crippen molar-refractivity contribution in [2.45, 2.75) is 50.1 Å². The first kappa shape index (κ1) is 32.7. The van der Waals surface area contributed by atoms with Gasteiger partial charge >= 0.3 is 5.97 Å². The molecule has 5 atom stereocenters. The van der Waals surface area contributed by atoms with Crippen molar-refractivity contribution in [3.63, 3.8) is 0 Å². The minimum absolute atomic E-state index is 0.0147. The second-order valence-electron chi connectivity index (χ2n) is 8.94. The highest BCUT2D eigenvalue weighted by atomic mass is 32.2. The number of carbonyl (C=O) groups excluding carboxylic acids is 1. The number of benzene rings is 1. The largest absolute Gasteiger partial charge is 0.420 e. The maximum absolute atomic E-state index is 13.6. The first-order chi connectivity index (χ1) is 19.2. The molecule has 1 aromatic carbocycles. The number of esters is 1. The van der Waals surface area contributed by atoms with E-state index in [9.17, 15) is 50.5 Å². The van der Waals surface area contributed by atoms with Gasteiger partial charge in [-0.05, 0) is 0 Å². The van der Waals surface area contributed by atoms with Crippen LogP contribution in [0.2, 0.25) is 0 Å². The molecule has 0 bridgehead atoms. The Morgan fingerprint density at radius 1 is 0.976 bits per heavy atom. The van der Waals surface area contributed by atoms with Crippen LogP contribution in [0, 0.1) is 29.1 Å². The Morgan fingerprint density at radius 3 is 2.24 bits per heavy atom. The lowest BCUT2D eigenvalue weighted by atomic mass is 10.00. The highest BCUT2D eigenvalue weighted by Gasteiger charge is 2.45. The van der Waals surface area contributed by atoms with Crippen LogP contribution in [-0.4, -0.2) is 107 Å². The van der Waals surface area contributed by atoms with Crippen LogP contribution in [0.3, 0.4) is 0 Å². The molecular formula is C22H26F5N3O10S. The summed E-state index contributed by atoms with van der Waals surface area (Å²) >= 11 is 0. The van der Waals surface area contributed by atoms with Gasteiger partial charge in [0.05, 0.1) is 44.2 Å². The van der Waals surface area contributed by atoms with Gasteiger partial charge in [-0.3, -0.25) is 4.79 Å². The number of sulfone groups is 1. The molecule has 0 unspecified atom stereocenters. The van der Waals surface area contributed by atoms with Crippen LogP contribution in [0.1, 0.15) is 12.1 Å². The molecule has 19 heteroatoms. The fraction of sp³-hybridized carbons (Fsp3) is 0.591. The van der Waals surface area contributed by atoms with E-state index in [1.807, 2.05) is 0 Å². The smallest absolute Gasteiger partial charge is 0.313 e. The van der Waals surface area contributed by atoms with Crippen molar-refractivity contribution in [1.82, 2.24) is 15.0 Å². The Bertz CT molecular complexity index is 1300. The van der Waals surface area contributed by atoms with Gasteiger partial charge in [-0.15, -0.1) is 5.10 Å². The van der Waals surface area contributed by atoms with Gasteiger partial charge < -0.3 is 34.3 Å². The lowest BCUT2D eigenvalue weighted by Crippen LogP contribution is -2.59. The number of nitrogens with zero attached hydrogens (tertiary/aromatic N) is 3. The molecule has 0 aliphatic carbocycles. The van der Waals surface area contributed by atoms with Crippen LogP contribution in [0.25, 0.3) is 0 Å². The zero-order chi connectivity index (χ0) is 30.5. The summed E-state index contributed by atoms with van der Waals surface area (Å²) in [5, 5.41) is 37.7. The fourth-order valence-corrected chi connectivity index (χ4v) is 4.46. The summed E-state index contributed by atoms with van der Waals surface area (Å²) in [5.74, 6) is -15.1. The Balaban J connectivity index is 1.38. The quantitative estimate of drug-likeness (QED) is 0.0648. The number of rotatable bonds is 13. The first-order valence-electron chi connectivity index (χ1n) is 11.9. The van der Waals surface area contributed by atoms with Gasteiger partial charge in [0.1, 0.15) is 34.3 Å². The number of halogens is 5. The number of hydrogen-bond acceptors (Lipinski definition) is 12. The van der Waals surface area contributed by atoms with E-state index >= 15 is 0 Å². The number of hydrogen-bond donors (Lipinski definition) is 3. The molecule has 0 amide bonds. The predicted molar refractivity (Wildman–Crippen MR) is 123 cm³/mol. The molecular weight excluding hydrogens is 593 g/mol. The number of aromatic nitrogens is 3. The average molecular weight is 620 g/mol. The normalized spacial score (nSPS) is 23.1. The molecule has 0 saturated carbocycles. The summed E-state index contributed by atoms with van der Waals surface area (Å²) in [5.41, 5.74) is 0.426. The third-order valence-corrected chi connectivity index (χ3v) is 6.60. The van der Waals surface area contributed by atoms with E-state index in [4.69, 9.17) is 14.2 Å². The molecule has 2 heterocycles. The highest BCUT2D eigenvalue weighted by Crippen LogP contribution is 2.29. The maximum atomic E-state index is 13.6. The summed E-state index contributed by atoms with van der Waals surface area (Å²) in [4.78, 5) is 11.7. The minimum Gasteiger partial charge on any atom is -0.420 e. The van der Waals surface area contributed by atoms with Gasteiger partial charge in [0.25, 0.3) is 0 Å². The molecule has 1 aliphatic rings. The summed E-state index contributed by atoms with van der Waals surface area (Å²) in [6.45, 7) is -0.272. The van der Waals surface area contributed by atoms with Crippen molar-refractivity contribution < 1.29 is 69.4 Å². The van der Waals surface area contributed by atoms with E-state index in [1.165, 1.54) is 10.9 Å². The van der Waals surface area contributed by atoms with Crippen LogP contribution in [0.5, 0.6) is 5.75 Å². The van der Waals surface area contributed by atoms with E-state index in [2.05, 4.69) is 15.0 Å². The molecule has 13 nitrogen and oxygen atoms in total. The third-order valence-electron chi connectivity index (χ3n) is 5.66. The molecule has 41 heavy (non-hydrogen) atoms. The molecule has 1 fully saturated rings. The van der Waals surface area contributed by atoms with E-state index in [0.717, 1.165) is 6.26 Å². The molecule has 1 aliphatic heterocycles. The zero-order valence-corrected chi connectivity index (χ0v) is 22.1. The van der Waals surface area contributed by atoms with Gasteiger partial charge in [0, 0.05) is 18.9 Å². The molecule has 0 spiro atoms. The number of aliphatic hydroxyl groups excluding tert-OH is 3. The van der Waals surface area contributed by atoms with Crippen molar-refractivity contribution in [3.05, 3.63) is 41.0 Å². The van der Waals surface area contributed by atoms with Gasteiger partial charge in [0.15, 0.2) is 6.29 Å². The Hall–Kier alpha value is -2.81. The summed E-state index contributed by atoms with van der Waals surface area (Å²) in [6.07, 6.45) is -5.67. The Labute approximate surface area is 229 Å². The molecule has 2 aromatic rings. The van der Waals surface area contributed by atoms with Gasteiger partial charge in [0.2, 0.25) is 34.8 Å². The number of ether oxygens (including phenoxy) is 4. The average Bonchev–Trinajstić information content (AvgIpc) is 3.36. The Morgan fingerprint density at radius 2 is 1.61 bits per heavy atom. The predicted octanol–water partition coefficient (Wildman–Crippen LogP) is -0.603. The second-order valence-corrected chi connectivity index (χ2v) is 11.1. The Kier molecular flexibility index (Phi) is 11.1. The highest BCUT2D eigenvalue weighted by molar-refractivity contribution is 7.90. The lowest BCUT2D eigenvalue weighted by molar-refractivity contribution is -0.292. The molecule has 0 radical (unpaired) electrons. The lowest BCUT2D eigenvalue weighted by Gasteiger charge is -2.40. The summed E-state index contributed by atoms with van der Waals surface area (Å²) in [6, 6.07) is 0. The van der Waals surface area contributed by atoms with Crippen molar-refractivity contribution in [2.75, 3.05) is 31.8 Å². The van der Waals surface area contributed by atoms with E-state index in [1.54, 1.807) is 0 Å². The van der Waals surface area contributed by atoms with Gasteiger partial charge in [-0.25, -0.2) is 26.3 Å². The monoisotopic (exact) mass is 619 g/mol. The molecule has 3 rings (SSSR count). The van der Waals surface area contributed by atoms with Crippen molar-refractivity contribution in [1.29, 1.82) is 0 Å². The standard InChI is InChI=1S/C22H26F5N3O10S/c1-41(35,36)9-11-18(32)19(33)20(34)22(39-11)38-6-2-10-8-30(29-28-10)4-7-37-5-3-12(31)40-21-16(26)14(24)13(23)15(25)17(21)27/h8,11,18-20,22,32-34H,2-7,9H2,1H3/t11-,18-,19+,20+,22+/m1/s1. The van der Waals surface area contributed by atoms with Crippen molar-refractivity contribution >= 4 is 15.8 Å². The zero-order valence-electron chi connectivity index (χ0n) is 21.3. The maximum Gasteiger partial charge on any atom is 0.313 e. The molecule has 230 valence electrons. The van der Waals surface area contributed by atoms with Gasteiger partial charge in [-0.1, -0.05) is 5.21 Å². The summed E-state index contributed by atoms with van der Waals surface area (Å²) < 4.78 is 111.